The standard InChI is InChI=1S/C26H24F3N5O2/c27-26(28,29)19-9-5-4-8-18(19)23(35)34-14-12-33(13-15-34)22-11-10-21(31-32-22)25(24(30)36)16-20(25)17-6-2-1-3-7-17/h1-11,20H,12-16H2,(H2,30,36). The summed E-state index contributed by atoms with van der Waals surface area (Å²) in [4.78, 5) is 28.5. The lowest BCUT2D eigenvalue weighted by atomic mass is 9.94. The van der Waals surface area contributed by atoms with Gasteiger partial charge in [-0.3, -0.25) is 9.59 Å². The minimum Gasteiger partial charge on any atom is -0.369 e. The first-order chi connectivity index (χ1) is 17.2. The number of carbonyl (C=O) groups is 2. The Morgan fingerprint density at radius 3 is 2.17 bits per heavy atom. The second kappa shape index (κ2) is 8.92. The molecule has 7 nitrogen and oxygen atoms in total. The van der Waals surface area contributed by atoms with Crippen LogP contribution in [0.3, 0.4) is 0 Å². The van der Waals surface area contributed by atoms with Crippen LogP contribution in [0.25, 0.3) is 0 Å². The van der Waals surface area contributed by atoms with Gasteiger partial charge >= 0.3 is 6.18 Å². The molecule has 0 bridgehead atoms. The third kappa shape index (κ3) is 4.16. The third-order valence-electron chi connectivity index (χ3n) is 7.06. The number of primary amides is 1. The maximum absolute atomic E-state index is 13.3. The quantitative estimate of drug-likeness (QED) is 0.586. The van der Waals surface area contributed by atoms with Crippen molar-refractivity contribution in [1.82, 2.24) is 15.1 Å². The molecule has 1 saturated carbocycles. The fraction of sp³-hybridized carbons (Fsp3) is 0.308. The highest BCUT2D eigenvalue weighted by atomic mass is 19.4. The molecule has 2 aliphatic rings. The summed E-state index contributed by atoms with van der Waals surface area (Å²) in [5.41, 5.74) is 5.15. The Bertz CT molecular complexity index is 1270. The second-order valence-electron chi connectivity index (χ2n) is 9.10. The Kier molecular flexibility index (Phi) is 5.89. The van der Waals surface area contributed by atoms with Crippen molar-refractivity contribution in [2.75, 3.05) is 31.1 Å². The van der Waals surface area contributed by atoms with Gasteiger partial charge in [0.25, 0.3) is 5.91 Å². The van der Waals surface area contributed by atoms with Crippen LogP contribution in [-0.4, -0.2) is 53.1 Å². The first-order valence-electron chi connectivity index (χ1n) is 11.6. The van der Waals surface area contributed by atoms with Gasteiger partial charge in [-0.25, -0.2) is 0 Å². The molecule has 1 aliphatic heterocycles. The minimum atomic E-state index is -4.60. The fourth-order valence-corrected chi connectivity index (χ4v) is 4.99. The number of alkyl halides is 3. The number of nitrogens with zero attached hydrogens (tertiary/aromatic N) is 4. The Labute approximate surface area is 205 Å². The minimum absolute atomic E-state index is 0.0505. The van der Waals surface area contributed by atoms with Gasteiger partial charge < -0.3 is 15.5 Å². The zero-order valence-electron chi connectivity index (χ0n) is 19.3. The van der Waals surface area contributed by atoms with Crippen molar-refractivity contribution < 1.29 is 22.8 Å². The normalized spacial score (nSPS) is 21.8. The molecular weight excluding hydrogens is 471 g/mol. The molecule has 2 amide bonds. The maximum Gasteiger partial charge on any atom is 0.417 e. The van der Waals surface area contributed by atoms with E-state index in [-0.39, 0.29) is 24.6 Å². The first-order valence-corrected chi connectivity index (χ1v) is 11.6. The van der Waals surface area contributed by atoms with Crippen LogP contribution in [0.15, 0.2) is 66.7 Å². The molecular formula is C26H24F3N5O2. The number of amides is 2. The molecule has 186 valence electrons. The summed E-state index contributed by atoms with van der Waals surface area (Å²) in [6.45, 7) is 1.27. The van der Waals surface area contributed by atoms with Gasteiger partial charge in [-0.15, -0.1) is 5.10 Å². The average Bonchev–Trinajstić information content (AvgIpc) is 3.66. The van der Waals surface area contributed by atoms with Gasteiger partial charge in [0.05, 0.1) is 16.8 Å². The summed E-state index contributed by atoms with van der Waals surface area (Å²) in [5.74, 6) is -0.568. The Balaban J connectivity index is 1.27. The van der Waals surface area contributed by atoms with Gasteiger partial charge in [0.1, 0.15) is 5.41 Å². The van der Waals surface area contributed by atoms with E-state index in [4.69, 9.17) is 5.73 Å². The van der Waals surface area contributed by atoms with Gasteiger partial charge in [0.2, 0.25) is 5.91 Å². The molecule has 2 fully saturated rings. The molecule has 1 aliphatic carbocycles. The molecule has 5 rings (SSSR count). The highest BCUT2D eigenvalue weighted by molar-refractivity contribution is 5.96. The molecule has 0 radical (unpaired) electrons. The summed E-state index contributed by atoms with van der Waals surface area (Å²) >= 11 is 0. The van der Waals surface area contributed by atoms with Crippen LogP contribution >= 0.6 is 0 Å². The number of hydrogen-bond donors (Lipinski definition) is 1. The number of nitrogens with two attached hydrogens (primary N) is 1. The van der Waals surface area contributed by atoms with Crippen LogP contribution in [-0.2, 0) is 16.4 Å². The SMILES string of the molecule is NC(=O)C1(c2ccc(N3CCN(C(=O)c4ccccc4C(F)(F)F)CC3)nn2)CC1c1ccccc1. The first kappa shape index (κ1) is 23.8. The molecule has 1 saturated heterocycles. The second-order valence-corrected chi connectivity index (χ2v) is 9.10. The Morgan fingerprint density at radius 2 is 1.56 bits per heavy atom. The van der Waals surface area contributed by atoms with Gasteiger partial charge in [0.15, 0.2) is 5.82 Å². The maximum atomic E-state index is 13.3. The molecule has 1 aromatic heterocycles. The highest BCUT2D eigenvalue weighted by Crippen LogP contribution is 2.59. The average molecular weight is 496 g/mol. The summed E-state index contributed by atoms with van der Waals surface area (Å²) in [6.07, 6.45) is -4.03. The number of benzene rings is 2. The van der Waals surface area contributed by atoms with Crippen molar-refractivity contribution in [2.24, 2.45) is 5.73 Å². The number of hydrogen-bond acceptors (Lipinski definition) is 5. The van der Waals surface area contributed by atoms with E-state index in [1.54, 1.807) is 12.1 Å². The fourth-order valence-electron chi connectivity index (χ4n) is 4.99. The number of rotatable bonds is 5. The van der Waals surface area contributed by atoms with Gasteiger partial charge in [-0.2, -0.15) is 18.3 Å². The molecule has 2 unspecified atom stereocenters. The van der Waals surface area contributed by atoms with E-state index in [0.29, 0.717) is 31.0 Å². The monoisotopic (exact) mass is 495 g/mol. The van der Waals surface area contributed by atoms with E-state index in [1.165, 1.54) is 23.1 Å². The zero-order valence-corrected chi connectivity index (χ0v) is 19.3. The number of piperazine rings is 1. The van der Waals surface area contributed by atoms with Crippen LogP contribution in [0, 0.1) is 0 Å². The van der Waals surface area contributed by atoms with Crippen molar-refractivity contribution in [1.29, 1.82) is 0 Å². The van der Waals surface area contributed by atoms with E-state index in [2.05, 4.69) is 10.2 Å². The third-order valence-corrected chi connectivity index (χ3v) is 7.06. The summed E-state index contributed by atoms with van der Waals surface area (Å²) in [6, 6.07) is 18.0. The van der Waals surface area contributed by atoms with Crippen molar-refractivity contribution in [2.45, 2.75) is 23.9 Å². The molecule has 2 atom stereocenters. The molecule has 2 heterocycles. The molecule has 3 aromatic rings. The summed E-state index contributed by atoms with van der Waals surface area (Å²) < 4.78 is 40.0. The van der Waals surface area contributed by atoms with Crippen molar-refractivity contribution >= 4 is 17.6 Å². The van der Waals surface area contributed by atoms with Crippen LogP contribution in [0.4, 0.5) is 19.0 Å². The summed E-state index contributed by atoms with van der Waals surface area (Å²) in [5, 5.41) is 8.64. The van der Waals surface area contributed by atoms with Gasteiger partial charge in [0, 0.05) is 32.1 Å². The van der Waals surface area contributed by atoms with Gasteiger partial charge in [-0.1, -0.05) is 42.5 Å². The van der Waals surface area contributed by atoms with Crippen molar-refractivity contribution in [3.63, 3.8) is 0 Å². The van der Waals surface area contributed by atoms with E-state index >= 15 is 0 Å². The smallest absolute Gasteiger partial charge is 0.369 e. The lowest BCUT2D eigenvalue weighted by Gasteiger charge is -2.35. The van der Waals surface area contributed by atoms with Crippen molar-refractivity contribution in [3.05, 3.63) is 89.1 Å². The van der Waals surface area contributed by atoms with E-state index in [9.17, 15) is 22.8 Å². The number of halogens is 3. The largest absolute Gasteiger partial charge is 0.417 e. The number of aromatic nitrogens is 2. The molecule has 36 heavy (non-hydrogen) atoms. The Morgan fingerprint density at radius 1 is 0.889 bits per heavy atom. The van der Waals surface area contributed by atoms with E-state index < -0.39 is 29.0 Å². The zero-order chi connectivity index (χ0) is 25.5. The predicted molar refractivity (Wildman–Crippen MR) is 126 cm³/mol. The van der Waals surface area contributed by atoms with E-state index in [0.717, 1.165) is 11.6 Å². The molecule has 2 N–H and O–H groups in total. The lowest BCUT2D eigenvalue weighted by molar-refractivity contribution is -0.138. The summed E-state index contributed by atoms with van der Waals surface area (Å²) in [7, 11) is 0. The highest BCUT2D eigenvalue weighted by Gasteiger charge is 2.62. The number of anilines is 1. The van der Waals surface area contributed by atoms with Crippen LogP contribution in [0.5, 0.6) is 0 Å². The van der Waals surface area contributed by atoms with E-state index in [1.807, 2.05) is 35.2 Å². The molecule has 10 heteroatoms. The van der Waals surface area contributed by atoms with Crippen LogP contribution in [0.2, 0.25) is 0 Å². The predicted octanol–water partition coefficient (Wildman–Crippen LogP) is 3.37. The molecule has 2 aromatic carbocycles. The molecule has 0 spiro atoms. The van der Waals surface area contributed by atoms with Crippen LogP contribution in [0.1, 0.15) is 39.5 Å². The van der Waals surface area contributed by atoms with Gasteiger partial charge in [-0.05, 0) is 36.2 Å². The Hall–Kier alpha value is -3.95. The van der Waals surface area contributed by atoms with Crippen molar-refractivity contribution in [3.8, 4) is 0 Å². The topological polar surface area (TPSA) is 92.4 Å². The van der Waals surface area contributed by atoms with Crippen LogP contribution < -0.4 is 10.6 Å². The lowest BCUT2D eigenvalue weighted by Crippen LogP contribution is -2.49. The number of carbonyl (C=O) groups excluding carboxylic acids is 2.